The predicted octanol–water partition coefficient (Wildman–Crippen LogP) is 2.34. The van der Waals surface area contributed by atoms with E-state index in [0.29, 0.717) is 18.1 Å². The number of aromatic nitrogens is 4. The average molecular weight is 284 g/mol. The number of tetrazole rings is 1. The van der Waals surface area contributed by atoms with Gasteiger partial charge >= 0.3 is 0 Å². The van der Waals surface area contributed by atoms with Crippen LogP contribution in [-0.2, 0) is 6.54 Å². The molecule has 1 aromatic heterocycles. The molecule has 0 amide bonds. The molecule has 2 aromatic rings. The number of rotatable bonds is 3. The topological polar surface area (TPSA) is 55.6 Å². The monoisotopic (exact) mass is 283 g/mol. The average Bonchev–Trinajstić information content (AvgIpc) is 2.77. The Morgan fingerprint density at radius 2 is 2.11 bits per heavy atom. The number of nitrogens with one attached hydrogen (secondary N) is 1. The molecule has 7 heteroatoms. The number of benzene rings is 1. The van der Waals surface area contributed by atoms with Crippen molar-refractivity contribution in [2.45, 2.75) is 32.9 Å². The largest absolute Gasteiger partial charge is 0.305 e. The van der Waals surface area contributed by atoms with E-state index in [9.17, 15) is 4.39 Å². The van der Waals surface area contributed by atoms with Gasteiger partial charge in [-0.1, -0.05) is 11.6 Å². The summed E-state index contributed by atoms with van der Waals surface area (Å²) in [5.41, 5.74) is 0.486. The molecule has 19 heavy (non-hydrogen) atoms. The molecule has 0 radical (unpaired) electrons. The van der Waals surface area contributed by atoms with Gasteiger partial charge in [0, 0.05) is 11.6 Å². The van der Waals surface area contributed by atoms with Gasteiger partial charge in [0.05, 0.1) is 17.3 Å². The molecule has 0 fully saturated rings. The Hall–Kier alpha value is -1.53. The molecule has 1 aromatic carbocycles. The summed E-state index contributed by atoms with van der Waals surface area (Å²) in [5, 5.41) is 14.8. The maximum atomic E-state index is 13.4. The Kier molecular flexibility index (Phi) is 3.82. The maximum absolute atomic E-state index is 13.4. The Balaban J connectivity index is 2.26. The van der Waals surface area contributed by atoms with E-state index in [4.69, 9.17) is 11.6 Å². The van der Waals surface area contributed by atoms with E-state index in [1.807, 2.05) is 20.8 Å². The van der Waals surface area contributed by atoms with Crippen molar-refractivity contribution in [3.63, 3.8) is 0 Å². The van der Waals surface area contributed by atoms with Crippen molar-refractivity contribution in [1.82, 2.24) is 25.5 Å². The zero-order valence-electron chi connectivity index (χ0n) is 11.0. The molecule has 0 saturated heterocycles. The van der Waals surface area contributed by atoms with Gasteiger partial charge < -0.3 is 5.32 Å². The first kappa shape index (κ1) is 13.9. The minimum atomic E-state index is -0.496. The van der Waals surface area contributed by atoms with Gasteiger partial charge in [-0.15, -0.1) is 5.10 Å². The van der Waals surface area contributed by atoms with Crippen LogP contribution in [0.15, 0.2) is 18.2 Å². The van der Waals surface area contributed by atoms with Crippen molar-refractivity contribution in [1.29, 1.82) is 0 Å². The Labute approximate surface area is 115 Å². The van der Waals surface area contributed by atoms with Gasteiger partial charge in [0.2, 0.25) is 0 Å². The fraction of sp³-hybridized carbons (Fsp3) is 0.417. The van der Waals surface area contributed by atoms with Crippen LogP contribution in [0.2, 0.25) is 5.02 Å². The number of halogens is 2. The second kappa shape index (κ2) is 5.22. The van der Waals surface area contributed by atoms with Gasteiger partial charge in [0.1, 0.15) is 5.82 Å². The van der Waals surface area contributed by atoms with Crippen LogP contribution in [0.3, 0.4) is 0 Å². The maximum Gasteiger partial charge on any atom is 0.170 e. The zero-order valence-corrected chi connectivity index (χ0v) is 11.7. The van der Waals surface area contributed by atoms with Crippen molar-refractivity contribution in [2.75, 3.05) is 0 Å². The van der Waals surface area contributed by atoms with Gasteiger partial charge in [-0.25, -0.2) is 4.39 Å². The Morgan fingerprint density at radius 3 is 2.74 bits per heavy atom. The highest BCUT2D eigenvalue weighted by molar-refractivity contribution is 6.30. The first-order valence-electron chi connectivity index (χ1n) is 5.84. The lowest BCUT2D eigenvalue weighted by Gasteiger charge is -2.19. The van der Waals surface area contributed by atoms with Gasteiger partial charge in [-0.05, 0) is 43.3 Å². The molecule has 0 aliphatic rings. The number of hydrogen-bond donors (Lipinski definition) is 1. The van der Waals surface area contributed by atoms with E-state index in [0.717, 1.165) is 0 Å². The second-order valence-electron chi connectivity index (χ2n) is 5.21. The summed E-state index contributed by atoms with van der Waals surface area (Å²) < 4.78 is 14.9. The van der Waals surface area contributed by atoms with Crippen LogP contribution in [0.1, 0.15) is 26.6 Å². The lowest BCUT2D eigenvalue weighted by Crippen LogP contribution is -2.35. The van der Waals surface area contributed by atoms with Crippen LogP contribution in [0, 0.1) is 5.82 Å². The molecule has 0 aliphatic heterocycles. The van der Waals surface area contributed by atoms with E-state index in [1.54, 1.807) is 6.07 Å². The summed E-state index contributed by atoms with van der Waals surface area (Å²) in [6, 6.07) is 4.45. The van der Waals surface area contributed by atoms with Crippen LogP contribution < -0.4 is 5.32 Å². The van der Waals surface area contributed by atoms with Crippen LogP contribution in [-0.4, -0.2) is 25.7 Å². The van der Waals surface area contributed by atoms with Crippen LogP contribution in [0.5, 0.6) is 0 Å². The summed E-state index contributed by atoms with van der Waals surface area (Å²) in [6.07, 6.45) is 0. The lowest BCUT2D eigenvalue weighted by molar-refractivity contribution is 0.415. The molecule has 0 spiro atoms. The highest BCUT2D eigenvalue weighted by Crippen LogP contribution is 2.18. The summed E-state index contributed by atoms with van der Waals surface area (Å²) in [4.78, 5) is 0. The quantitative estimate of drug-likeness (QED) is 0.939. The molecule has 2 rings (SSSR count). The predicted molar refractivity (Wildman–Crippen MR) is 70.7 cm³/mol. The molecular formula is C12H15ClFN5. The van der Waals surface area contributed by atoms with E-state index in [2.05, 4.69) is 20.8 Å². The highest BCUT2D eigenvalue weighted by Gasteiger charge is 2.14. The van der Waals surface area contributed by atoms with Crippen molar-refractivity contribution >= 4 is 11.6 Å². The third kappa shape index (κ3) is 3.48. The Morgan fingerprint density at radius 1 is 1.37 bits per heavy atom. The third-order valence-corrected chi connectivity index (χ3v) is 2.77. The molecule has 0 aliphatic carbocycles. The van der Waals surface area contributed by atoms with E-state index in [-0.39, 0.29) is 10.6 Å². The second-order valence-corrected chi connectivity index (χ2v) is 5.62. The molecule has 0 atom stereocenters. The first-order chi connectivity index (χ1) is 8.87. The molecule has 0 saturated carbocycles. The smallest absolute Gasteiger partial charge is 0.170 e. The van der Waals surface area contributed by atoms with Crippen molar-refractivity contribution in [3.8, 4) is 5.69 Å². The molecule has 5 nitrogen and oxygen atoms in total. The standard InChI is InChI=1S/C12H15ClFN5/c1-12(2,3)15-7-11-16-17-18-19(11)8-4-5-9(13)10(14)6-8/h4-6,15H,7H2,1-3H3. The van der Waals surface area contributed by atoms with Gasteiger partial charge in [-0.2, -0.15) is 4.68 Å². The SMILES string of the molecule is CC(C)(C)NCc1nnnn1-c1ccc(Cl)c(F)c1. The summed E-state index contributed by atoms with van der Waals surface area (Å²) in [5.74, 6) is 0.112. The molecule has 102 valence electrons. The van der Waals surface area contributed by atoms with Crippen molar-refractivity contribution in [2.24, 2.45) is 0 Å². The fourth-order valence-electron chi connectivity index (χ4n) is 1.48. The van der Waals surface area contributed by atoms with Gasteiger partial charge in [0.25, 0.3) is 0 Å². The number of nitrogens with zero attached hydrogens (tertiary/aromatic N) is 4. The molecule has 1 heterocycles. The van der Waals surface area contributed by atoms with Crippen LogP contribution in [0.4, 0.5) is 4.39 Å². The van der Waals surface area contributed by atoms with Crippen LogP contribution in [0.25, 0.3) is 5.69 Å². The van der Waals surface area contributed by atoms with Gasteiger partial charge in [-0.3, -0.25) is 0 Å². The minimum absolute atomic E-state index is 0.0535. The normalized spacial score (nSPS) is 11.8. The molecule has 0 unspecified atom stereocenters. The highest BCUT2D eigenvalue weighted by atomic mass is 35.5. The van der Waals surface area contributed by atoms with Crippen molar-refractivity contribution < 1.29 is 4.39 Å². The summed E-state index contributed by atoms with van der Waals surface area (Å²) in [7, 11) is 0. The summed E-state index contributed by atoms with van der Waals surface area (Å²) >= 11 is 5.65. The third-order valence-electron chi connectivity index (χ3n) is 2.46. The Bertz CT molecular complexity index is 576. The molecular weight excluding hydrogens is 269 g/mol. The van der Waals surface area contributed by atoms with E-state index >= 15 is 0 Å². The number of hydrogen-bond acceptors (Lipinski definition) is 4. The fourth-order valence-corrected chi connectivity index (χ4v) is 1.60. The zero-order chi connectivity index (χ0) is 14.0. The van der Waals surface area contributed by atoms with E-state index < -0.39 is 5.82 Å². The van der Waals surface area contributed by atoms with Crippen LogP contribution >= 0.6 is 11.6 Å². The van der Waals surface area contributed by atoms with Crippen molar-refractivity contribution in [3.05, 3.63) is 34.9 Å². The van der Waals surface area contributed by atoms with E-state index in [1.165, 1.54) is 16.8 Å². The summed E-state index contributed by atoms with van der Waals surface area (Å²) in [6.45, 7) is 6.62. The lowest BCUT2D eigenvalue weighted by atomic mass is 10.1. The molecule has 0 bridgehead atoms. The first-order valence-corrected chi connectivity index (χ1v) is 6.22. The minimum Gasteiger partial charge on any atom is -0.305 e. The van der Waals surface area contributed by atoms with Gasteiger partial charge in [0.15, 0.2) is 5.82 Å². The molecule has 1 N–H and O–H groups in total.